The molecule has 2 fully saturated rings. The number of fused-ring (bicyclic) bond motifs is 2. The summed E-state index contributed by atoms with van der Waals surface area (Å²) in [5, 5.41) is 18.8. The van der Waals surface area contributed by atoms with Crippen LogP contribution in [-0.2, 0) is 9.59 Å². The van der Waals surface area contributed by atoms with Crippen LogP contribution in [0.25, 0.3) is 0 Å². The minimum absolute atomic E-state index is 0.259. The molecule has 18 heavy (non-hydrogen) atoms. The molecule has 0 radical (unpaired) electrons. The second-order valence-electron chi connectivity index (χ2n) is 6.59. The van der Waals surface area contributed by atoms with E-state index in [1.807, 2.05) is 13.8 Å². The van der Waals surface area contributed by atoms with E-state index < -0.39 is 22.8 Å². The Morgan fingerprint density at radius 2 is 1.56 bits per heavy atom. The van der Waals surface area contributed by atoms with Crippen molar-refractivity contribution in [2.75, 3.05) is 0 Å². The molecule has 4 heteroatoms. The maximum atomic E-state index is 11.5. The number of aliphatic carboxylic acids is 2. The number of hydrogen-bond acceptors (Lipinski definition) is 2. The first-order chi connectivity index (χ1) is 8.31. The second-order valence-corrected chi connectivity index (χ2v) is 6.59. The molecular formula is C14H22O4. The summed E-state index contributed by atoms with van der Waals surface area (Å²) in [7, 11) is 0. The van der Waals surface area contributed by atoms with Crippen LogP contribution >= 0.6 is 0 Å². The molecule has 0 amide bonds. The van der Waals surface area contributed by atoms with Crippen molar-refractivity contribution in [2.45, 2.75) is 52.4 Å². The molecule has 0 aliphatic heterocycles. The normalized spacial score (nSPS) is 43.4. The van der Waals surface area contributed by atoms with Crippen LogP contribution in [0.5, 0.6) is 0 Å². The maximum Gasteiger partial charge on any atom is 0.309 e. The fraction of sp³-hybridized carbons (Fsp3) is 0.857. The van der Waals surface area contributed by atoms with Gasteiger partial charge in [0.25, 0.3) is 0 Å². The monoisotopic (exact) mass is 254 g/mol. The van der Waals surface area contributed by atoms with Gasteiger partial charge in [-0.2, -0.15) is 0 Å². The summed E-state index contributed by atoms with van der Waals surface area (Å²) in [5.74, 6) is -0.903. The van der Waals surface area contributed by atoms with E-state index in [9.17, 15) is 19.8 Å². The van der Waals surface area contributed by atoms with E-state index in [2.05, 4.69) is 0 Å². The van der Waals surface area contributed by atoms with Crippen molar-refractivity contribution in [3.8, 4) is 0 Å². The molecule has 0 aromatic rings. The first-order valence-corrected chi connectivity index (χ1v) is 6.78. The van der Waals surface area contributed by atoms with E-state index in [1.54, 1.807) is 0 Å². The second kappa shape index (κ2) is 4.25. The molecule has 2 aliphatic rings. The van der Waals surface area contributed by atoms with Gasteiger partial charge in [0.15, 0.2) is 0 Å². The van der Waals surface area contributed by atoms with Crippen LogP contribution < -0.4 is 0 Å². The first-order valence-electron chi connectivity index (χ1n) is 6.78. The predicted molar refractivity (Wildman–Crippen MR) is 66.2 cm³/mol. The minimum Gasteiger partial charge on any atom is -0.481 e. The molecule has 2 atom stereocenters. The van der Waals surface area contributed by atoms with Gasteiger partial charge in [-0.3, -0.25) is 9.59 Å². The van der Waals surface area contributed by atoms with Crippen molar-refractivity contribution >= 4 is 11.9 Å². The molecule has 2 aliphatic carbocycles. The highest BCUT2D eigenvalue weighted by molar-refractivity contribution is 5.76. The summed E-state index contributed by atoms with van der Waals surface area (Å²) in [6.45, 7) is 3.75. The molecule has 2 saturated carbocycles. The minimum atomic E-state index is -0.725. The number of carboxylic acids is 2. The Morgan fingerprint density at radius 1 is 1.06 bits per heavy atom. The van der Waals surface area contributed by atoms with Crippen molar-refractivity contribution in [1.29, 1.82) is 0 Å². The van der Waals surface area contributed by atoms with Gasteiger partial charge in [-0.15, -0.1) is 0 Å². The highest BCUT2D eigenvalue weighted by Gasteiger charge is 2.52. The number of carbonyl (C=O) groups is 2. The van der Waals surface area contributed by atoms with E-state index in [4.69, 9.17) is 0 Å². The zero-order valence-corrected chi connectivity index (χ0v) is 11.1. The van der Waals surface area contributed by atoms with Gasteiger partial charge in [-0.05, 0) is 57.3 Å². The quantitative estimate of drug-likeness (QED) is 0.812. The van der Waals surface area contributed by atoms with Crippen molar-refractivity contribution in [3.63, 3.8) is 0 Å². The van der Waals surface area contributed by atoms with Crippen LogP contribution in [0.4, 0.5) is 0 Å². The summed E-state index contributed by atoms with van der Waals surface area (Å²) in [6, 6.07) is 0. The maximum absolute atomic E-state index is 11.5. The predicted octanol–water partition coefficient (Wildman–Crippen LogP) is 2.77. The topological polar surface area (TPSA) is 74.6 Å². The lowest BCUT2D eigenvalue weighted by molar-refractivity contribution is -0.161. The molecule has 0 aromatic carbocycles. The lowest BCUT2D eigenvalue weighted by Gasteiger charge is -2.49. The van der Waals surface area contributed by atoms with E-state index in [0.29, 0.717) is 32.1 Å². The van der Waals surface area contributed by atoms with Crippen molar-refractivity contribution in [3.05, 3.63) is 0 Å². The van der Waals surface area contributed by atoms with Crippen LogP contribution in [0.15, 0.2) is 0 Å². The average molecular weight is 254 g/mol. The average Bonchev–Trinajstić information content (AvgIpc) is 2.26. The Labute approximate surface area is 107 Å². The number of carboxylic acid groups (broad SMARTS) is 2. The Balaban J connectivity index is 2.21. The van der Waals surface area contributed by atoms with Gasteiger partial charge >= 0.3 is 11.9 Å². The van der Waals surface area contributed by atoms with Gasteiger partial charge < -0.3 is 10.2 Å². The fourth-order valence-electron chi connectivity index (χ4n) is 4.28. The van der Waals surface area contributed by atoms with Crippen LogP contribution in [0.1, 0.15) is 52.4 Å². The fourth-order valence-corrected chi connectivity index (χ4v) is 4.28. The molecule has 102 valence electrons. The third-order valence-electron chi connectivity index (χ3n) is 5.15. The van der Waals surface area contributed by atoms with Gasteiger partial charge in [0.05, 0.1) is 10.8 Å². The molecule has 2 N–H and O–H groups in total. The zero-order valence-electron chi connectivity index (χ0n) is 11.1. The van der Waals surface area contributed by atoms with Gasteiger partial charge in [-0.25, -0.2) is 0 Å². The van der Waals surface area contributed by atoms with Crippen molar-refractivity contribution in [1.82, 2.24) is 0 Å². The van der Waals surface area contributed by atoms with Gasteiger partial charge in [0.1, 0.15) is 0 Å². The van der Waals surface area contributed by atoms with Gasteiger partial charge in [0.2, 0.25) is 0 Å². The molecule has 4 nitrogen and oxygen atoms in total. The van der Waals surface area contributed by atoms with Crippen molar-refractivity contribution < 1.29 is 19.8 Å². The highest BCUT2D eigenvalue weighted by atomic mass is 16.4. The van der Waals surface area contributed by atoms with Crippen molar-refractivity contribution in [2.24, 2.45) is 22.7 Å². The van der Waals surface area contributed by atoms with E-state index in [0.717, 1.165) is 6.42 Å². The standard InChI is InChI=1S/C14H22O4/c1-3-14(12(17)18)7-9-4-10(8-14)6-13(2,5-9)11(15)16/h9-10H,3-8H2,1-2H3,(H,15,16)(H,17,18). The summed E-state index contributed by atoms with van der Waals surface area (Å²) in [5.41, 5.74) is -1.25. The number of hydrogen-bond donors (Lipinski definition) is 2. The Kier molecular flexibility index (Phi) is 3.16. The zero-order chi connectivity index (χ0) is 13.6. The summed E-state index contributed by atoms with van der Waals surface area (Å²) < 4.78 is 0. The largest absolute Gasteiger partial charge is 0.481 e. The van der Waals surface area contributed by atoms with Crippen LogP contribution in [0.2, 0.25) is 0 Å². The van der Waals surface area contributed by atoms with E-state index in [-0.39, 0.29) is 11.8 Å². The summed E-state index contributed by atoms with van der Waals surface area (Å²) in [4.78, 5) is 22.9. The van der Waals surface area contributed by atoms with Gasteiger partial charge in [0, 0.05) is 0 Å². The molecule has 2 rings (SSSR count). The molecule has 0 heterocycles. The molecule has 0 aromatic heterocycles. The molecule has 0 spiro atoms. The molecule has 2 unspecified atom stereocenters. The molecular weight excluding hydrogens is 232 g/mol. The Hall–Kier alpha value is -1.06. The molecule has 2 bridgehead atoms. The Bertz CT molecular complexity index is 360. The van der Waals surface area contributed by atoms with Crippen LogP contribution in [-0.4, -0.2) is 22.2 Å². The Morgan fingerprint density at radius 3 is 1.89 bits per heavy atom. The SMILES string of the molecule is CCC1(C(=O)O)CC2CC(CC(C)(C(=O)O)C2)C1. The van der Waals surface area contributed by atoms with E-state index >= 15 is 0 Å². The van der Waals surface area contributed by atoms with E-state index in [1.165, 1.54) is 0 Å². The summed E-state index contributed by atoms with van der Waals surface area (Å²) in [6.07, 6.45) is 4.23. The third kappa shape index (κ3) is 2.02. The lowest BCUT2D eigenvalue weighted by Crippen LogP contribution is -2.47. The molecule has 0 saturated heterocycles. The smallest absolute Gasteiger partial charge is 0.309 e. The lowest BCUT2D eigenvalue weighted by atomic mass is 9.54. The summed E-state index contributed by atoms with van der Waals surface area (Å²) >= 11 is 0. The first kappa shape index (κ1) is 13.4. The third-order valence-corrected chi connectivity index (χ3v) is 5.15. The van der Waals surface area contributed by atoms with Crippen LogP contribution in [0, 0.1) is 22.7 Å². The van der Waals surface area contributed by atoms with Crippen LogP contribution in [0.3, 0.4) is 0 Å². The van der Waals surface area contributed by atoms with Gasteiger partial charge in [-0.1, -0.05) is 6.92 Å². The number of rotatable bonds is 3. The highest BCUT2D eigenvalue weighted by Crippen LogP contribution is 2.55.